The van der Waals surface area contributed by atoms with Gasteiger partial charge < -0.3 is 10.1 Å². The van der Waals surface area contributed by atoms with Crippen LogP contribution in [0.4, 0.5) is 0 Å². The minimum Gasteiger partial charge on any atom is -0.493 e. The highest BCUT2D eigenvalue weighted by Gasteiger charge is 2.24. The van der Waals surface area contributed by atoms with E-state index in [9.17, 15) is 0 Å². The van der Waals surface area contributed by atoms with Crippen LogP contribution in [-0.4, -0.2) is 19.2 Å². The Morgan fingerprint density at radius 2 is 2.10 bits per heavy atom. The summed E-state index contributed by atoms with van der Waals surface area (Å²) >= 11 is 0. The summed E-state index contributed by atoms with van der Waals surface area (Å²) in [5.74, 6) is 2.44. The van der Waals surface area contributed by atoms with Gasteiger partial charge in [0.25, 0.3) is 0 Å². The average molecular weight is 275 g/mol. The first-order valence-corrected chi connectivity index (χ1v) is 8.15. The number of para-hydroxylation sites is 1. The van der Waals surface area contributed by atoms with E-state index >= 15 is 0 Å². The molecule has 2 atom stereocenters. The summed E-state index contributed by atoms with van der Waals surface area (Å²) < 4.78 is 5.79. The quantitative estimate of drug-likeness (QED) is 0.761. The van der Waals surface area contributed by atoms with Gasteiger partial charge in [-0.2, -0.15) is 0 Å². The van der Waals surface area contributed by atoms with E-state index in [0.717, 1.165) is 24.8 Å². The standard InChI is InChI=1S/C18H29NO/c1-4-11-19-16(12-14(2)3)10-9-15-13-20-18-8-6-5-7-17(15)18/h5-8,14-16,19H,4,9-13H2,1-3H3. The minimum atomic E-state index is 0.587. The summed E-state index contributed by atoms with van der Waals surface area (Å²) in [6, 6.07) is 9.16. The van der Waals surface area contributed by atoms with Crippen molar-refractivity contribution < 1.29 is 4.74 Å². The normalized spacial score (nSPS) is 18.9. The molecular formula is C18H29NO. The molecule has 2 unspecified atom stereocenters. The van der Waals surface area contributed by atoms with Gasteiger partial charge in [0.05, 0.1) is 6.61 Å². The SMILES string of the molecule is CCCNC(CCC1COc2ccccc21)CC(C)C. The van der Waals surface area contributed by atoms with Crippen molar-refractivity contribution >= 4 is 0 Å². The zero-order valence-electron chi connectivity index (χ0n) is 13.2. The molecule has 20 heavy (non-hydrogen) atoms. The summed E-state index contributed by atoms with van der Waals surface area (Å²) in [6.07, 6.45) is 4.96. The van der Waals surface area contributed by atoms with E-state index in [-0.39, 0.29) is 0 Å². The van der Waals surface area contributed by atoms with Gasteiger partial charge in [-0.25, -0.2) is 0 Å². The van der Waals surface area contributed by atoms with Crippen molar-refractivity contribution in [2.75, 3.05) is 13.2 Å². The Balaban J connectivity index is 1.86. The lowest BCUT2D eigenvalue weighted by molar-refractivity contribution is 0.310. The van der Waals surface area contributed by atoms with Gasteiger partial charge in [-0.1, -0.05) is 39.0 Å². The Morgan fingerprint density at radius 3 is 2.85 bits per heavy atom. The smallest absolute Gasteiger partial charge is 0.122 e. The zero-order valence-corrected chi connectivity index (χ0v) is 13.2. The van der Waals surface area contributed by atoms with E-state index in [1.54, 1.807) is 0 Å². The van der Waals surface area contributed by atoms with Gasteiger partial charge >= 0.3 is 0 Å². The van der Waals surface area contributed by atoms with Gasteiger partial charge in [0.1, 0.15) is 5.75 Å². The third-order valence-corrected chi connectivity index (χ3v) is 4.10. The first-order valence-electron chi connectivity index (χ1n) is 8.15. The summed E-state index contributed by atoms with van der Waals surface area (Å²) in [6.45, 7) is 8.86. The largest absolute Gasteiger partial charge is 0.493 e. The molecule has 0 saturated carbocycles. The van der Waals surface area contributed by atoms with Crippen molar-refractivity contribution in [1.82, 2.24) is 5.32 Å². The topological polar surface area (TPSA) is 21.3 Å². The molecule has 0 aromatic heterocycles. The number of fused-ring (bicyclic) bond motifs is 1. The molecule has 2 rings (SSSR count). The second-order valence-electron chi connectivity index (χ2n) is 6.40. The van der Waals surface area contributed by atoms with Crippen molar-refractivity contribution in [1.29, 1.82) is 0 Å². The molecule has 112 valence electrons. The third kappa shape index (κ3) is 4.24. The lowest BCUT2D eigenvalue weighted by Gasteiger charge is -2.22. The Morgan fingerprint density at radius 1 is 1.30 bits per heavy atom. The highest BCUT2D eigenvalue weighted by atomic mass is 16.5. The Hall–Kier alpha value is -1.02. The van der Waals surface area contributed by atoms with E-state index < -0.39 is 0 Å². The third-order valence-electron chi connectivity index (χ3n) is 4.10. The van der Waals surface area contributed by atoms with Crippen LogP contribution in [0.5, 0.6) is 5.75 Å². The molecule has 0 bridgehead atoms. The van der Waals surface area contributed by atoms with E-state index in [1.807, 2.05) is 0 Å². The van der Waals surface area contributed by atoms with Crippen molar-refractivity contribution in [2.45, 2.75) is 58.4 Å². The van der Waals surface area contributed by atoms with E-state index in [1.165, 1.54) is 31.2 Å². The number of benzene rings is 1. The molecule has 1 aromatic carbocycles. The first-order chi connectivity index (χ1) is 9.70. The van der Waals surface area contributed by atoms with Crippen LogP contribution < -0.4 is 10.1 Å². The fourth-order valence-electron chi connectivity index (χ4n) is 3.09. The second kappa shape index (κ2) is 7.68. The number of hydrogen-bond donors (Lipinski definition) is 1. The van der Waals surface area contributed by atoms with Gasteiger partial charge in [-0.05, 0) is 44.2 Å². The lowest BCUT2D eigenvalue weighted by atomic mass is 9.91. The van der Waals surface area contributed by atoms with Crippen LogP contribution >= 0.6 is 0 Å². The van der Waals surface area contributed by atoms with Gasteiger partial charge in [0, 0.05) is 17.5 Å². The lowest BCUT2D eigenvalue weighted by Crippen LogP contribution is -2.31. The van der Waals surface area contributed by atoms with Crippen LogP contribution in [-0.2, 0) is 0 Å². The van der Waals surface area contributed by atoms with Crippen molar-refractivity contribution in [3.8, 4) is 5.75 Å². The van der Waals surface area contributed by atoms with Crippen LogP contribution in [0.25, 0.3) is 0 Å². The molecule has 0 fully saturated rings. The molecular weight excluding hydrogens is 246 g/mol. The van der Waals surface area contributed by atoms with Crippen molar-refractivity contribution in [2.24, 2.45) is 5.92 Å². The first kappa shape index (κ1) is 15.4. The fourth-order valence-corrected chi connectivity index (χ4v) is 3.09. The van der Waals surface area contributed by atoms with Gasteiger partial charge in [-0.15, -0.1) is 0 Å². The maximum Gasteiger partial charge on any atom is 0.122 e. The van der Waals surface area contributed by atoms with Crippen molar-refractivity contribution in [3.63, 3.8) is 0 Å². The predicted molar refractivity (Wildman–Crippen MR) is 85.4 cm³/mol. The molecule has 0 aliphatic carbocycles. The highest BCUT2D eigenvalue weighted by molar-refractivity contribution is 5.39. The van der Waals surface area contributed by atoms with E-state index in [4.69, 9.17) is 4.74 Å². The van der Waals surface area contributed by atoms with Crippen LogP contribution in [0.2, 0.25) is 0 Å². The predicted octanol–water partition coefficient (Wildman–Crippen LogP) is 4.36. The highest BCUT2D eigenvalue weighted by Crippen LogP contribution is 2.36. The molecule has 2 nitrogen and oxygen atoms in total. The van der Waals surface area contributed by atoms with Crippen LogP contribution in [0.3, 0.4) is 0 Å². The maximum atomic E-state index is 5.79. The van der Waals surface area contributed by atoms with Gasteiger partial charge in [-0.3, -0.25) is 0 Å². The van der Waals surface area contributed by atoms with Crippen LogP contribution in [0.15, 0.2) is 24.3 Å². The second-order valence-corrected chi connectivity index (χ2v) is 6.40. The number of hydrogen-bond acceptors (Lipinski definition) is 2. The van der Waals surface area contributed by atoms with Crippen LogP contribution in [0.1, 0.15) is 57.9 Å². The molecule has 2 heteroatoms. The Bertz CT molecular complexity index is 402. The average Bonchev–Trinajstić information content (AvgIpc) is 2.85. The molecule has 0 amide bonds. The summed E-state index contributed by atoms with van der Waals surface area (Å²) in [5.41, 5.74) is 1.41. The van der Waals surface area contributed by atoms with E-state index in [2.05, 4.69) is 50.4 Å². The molecule has 1 aliphatic rings. The molecule has 0 saturated heterocycles. The number of ether oxygens (including phenoxy) is 1. The molecule has 0 radical (unpaired) electrons. The van der Waals surface area contributed by atoms with Crippen molar-refractivity contribution in [3.05, 3.63) is 29.8 Å². The summed E-state index contributed by atoms with van der Waals surface area (Å²) in [4.78, 5) is 0. The van der Waals surface area contributed by atoms with Gasteiger partial charge in [0.15, 0.2) is 0 Å². The summed E-state index contributed by atoms with van der Waals surface area (Å²) in [7, 11) is 0. The monoisotopic (exact) mass is 275 g/mol. The van der Waals surface area contributed by atoms with Gasteiger partial charge in [0.2, 0.25) is 0 Å². The molecule has 0 spiro atoms. The Labute approximate surface area is 123 Å². The fraction of sp³-hybridized carbons (Fsp3) is 0.667. The minimum absolute atomic E-state index is 0.587. The molecule has 1 N–H and O–H groups in total. The number of nitrogens with one attached hydrogen (secondary N) is 1. The molecule has 1 aliphatic heterocycles. The van der Waals surface area contributed by atoms with E-state index in [0.29, 0.717) is 12.0 Å². The number of rotatable bonds is 8. The molecule has 1 heterocycles. The molecule has 1 aromatic rings. The van der Waals surface area contributed by atoms with Crippen LogP contribution in [0, 0.1) is 5.92 Å². The summed E-state index contributed by atoms with van der Waals surface area (Å²) in [5, 5.41) is 3.71. The maximum absolute atomic E-state index is 5.79. The zero-order chi connectivity index (χ0) is 14.4. The Kier molecular flexibility index (Phi) is 5.90.